The van der Waals surface area contributed by atoms with Crippen LogP contribution >= 0.6 is 0 Å². The second kappa shape index (κ2) is 8.55. The number of fused-ring (bicyclic) bond motifs is 1. The maximum absolute atomic E-state index is 13.4. The smallest absolute Gasteiger partial charge is 0.228 e. The third kappa shape index (κ3) is 4.35. The van der Waals surface area contributed by atoms with Gasteiger partial charge in [0, 0.05) is 38.2 Å². The van der Waals surface area contributed by atoms with Gasteiger partial charge in [0.05, 0.1) is 5.41 Å². The van der Waals surface area contributed by atoms with Gasteiger partial charge in [0.1, 0.15) is 11.6 Å². The Morgan fingerprint density at radius 1 is 1.21 bits per heavy atom. The maximum Gasteiger partial charge on any atom is 0.228 e. The molecule has 28 heavy (non-hydrogen) atoms. The van der Waals surface area contributed by atoms with Crippen LogP contribution in [0.5, 0.6) is 0 Å². The Morgan fingerprint density at radius 3 is 2.61 bits per heavy atom. The lowest BCUT2D eigenvalue weighted by Gasteiger charge is -2.51. The van der Waals surface area contributed by atoms with Crippen LogP contribution in [-0.4, -0.2) is 54.8 Å². The van der Waals surface area contributed by atoms with Crippen LogP contribution in [0.25, 0.3) is 0 Å². The number of nitrogens with one attached hydrogen (secondary N) is 1. The molecule has 0 aromatic heterocycles. The van der Waals surface area contributed by atoms with E-state index in [1.54, 1.807) is 0 Å². The maximum atomic E-state index is 13.4. The highest BCUT2D eigenvalue weighted by Crippen LogP contribution is 2.46. The fourth-order valence-corrected chi connectivity index (χ4v) is 4.65. The van der Waals surface area contributed by atoms with E-state index in [0.717, 1.165) is 38.3 Å². The molecule has 1 saturated heterocycles. The zero-order chi connectivity index (χ0) is 20.3. The summed E-state index contributed by atoms with van der Waals surface area (Å²) in [5.41, 5.74) is -0.212. The van der Waals surface area contributed by atoms with Crippen molar-refractivity contribution in [3.8, 4) is 0 Å². The third-order valence-electron chi connectivity index (χ3n) is 6.09. The molecule has 1 N–H and O–H groups in total. The monoisotopic (exact) mass is 393 g/mol. The number of hydrogen-bond donors (Lipinski definition) is 1. The molecule has 1 heterocycles. The van der Waals surface area contributed by atoms with Crippen LogP contribution in [0.2, 0.25) is 0 Å². The highest BCUT2D eigenvalue weighted by atomic mass is 19.1. The molecule has 0 spiro atoms. The molecule has 1 saturated carbocycles. The van der Waals surface area contributed by atoms with Crippen molar-refractivity contribution >= 4 is 11.8 Å². The molecule has 1 aromatic carbocycles. The third-order valence-corrected chi connectivity index (χ3v) is 6.09. The summed E-state index contributed by atoms with van der Waals surface area (Å²) in [5.74, 6) is -1.30. The van der Waals surface area contributed by atoms with E-state index in [2.05, 4.69) is 5.32 Å². The van der Waals surface area contributed by atoms with Crippen molar-refractivity contribution in [2.45, 2.75) is 51.1 Å². The van der Waals surface area contributed by atoms with E-state index in [-0.39, 0.29) is 24.4 Å². The summed E-state index contributed by atoms with van der Waals surface area (Å²) in [6.07, 6.45) is 4.42. The molecule has 2 aliphatic rings. The van der Waals surface area contributed by atoms with E-state index >= 15 is 0 Å². The first kappa shape index (κ1) is 20.7. The second-order valence-corrected chi connectivity index (χ2v) is 8.27. The quantitative estimate of drug-likeness (QED) is 0.809. The van der Waals surface area contributed by atoms with E-state index in [4.69, 9.17) is 0 Å². The molecule has 154 valence electrons. The summed E-state index contributed by atoms with van der Waals surface area (Å²) in [5, 5.41) is 2.89. The first-order valence-corrected chi connectivity index (χ1v) is 9.99. The number of likely N-dealkylation sites (tertiary alicyclic amines) is 1. The average molecular weight is 393 g/mol. The average Bonchev–Trinajstić information content (AvgIpc) is 2.64. The second-order valence-electron chi connectivity index (χ2n) is 8.27. The van der Waals surface area contributed by atoms with E-state index in [9.17, 15) is 18.4 Å². The molecule has 0 radical (unpaired) electrons. The zero-order valence-electron chi connectivity index (χ0n) is 16.6. The van der Waals surface area contributed by atoms with Gasteiger partial charge in [-0.25, -0.2) is 8.78 Å². The van der Waals surface area contributed by atoms with E-state index in [1.165, 1.54) is 12.1 Å². The highest BCUT2D eigenvalue weighted by Gasteiger charge is 2.52. The molecule has 1 aliphatic heterocycles. The Morgan fingerprint density at radius 2 is 1.93 bits per heavy atom. The largest absolute Gasteiger partial charge is 0.351 e. The topological polar surface area (TPSA) is 52.7 Å². The molecule has 2 atom stereocenters. The fourth-order valence-electron chi connectivity index (χ4n) is 4.65. The number of hydrogen-bond acceptors (Lipinski definition) is 3. The molecule has 7 heteroatoms. The Hall–Kier alpha value is -2.02. The van der Waals surface area contributed by atoms with Gasteiger partial charge in [-0.05, 0) is 51.1 Å². The number of amides is 2. The van der Waals surface area contributed by atoms with Gasteiger partial charge in [0.15, 0.2) is 0 Å². The normalized spacial score (nSPS) is 25.0. The molecule has 1 aliphatic carbocycles. The summed E-state index contributed by atoms with van der Waals surface area (Å²) in [7, 11) is 3.93. The molecular formula is C21H29F2N3O2. The summed E-state index contributed by atoms with van der Waals surface area (Å²) < 4.78 is 26.8. The van der Waals surface area contributed by atoms with Gasteiger partial charge in [-0.15, -0.1) is 0 Å². The SMILES string of the molecule is CN(C)CCN1C(=O)CC[C@]2(C(=O)NCc3cc(F)cc(F)c3)CCCC[C@@H]12. The zero-order valence-corrected chi connectivity index (χ0v) is 16.6. The van der Waals surface area contributed by atoms with E-state index in [0.29, 0.717) is 24.9 Å². The minimum Gasteiger partial charge on any atom is -0.351 e. The number of halogens is 2. The molecule has 2 fully saturated rings. The summed E-state index contributed by atoms with van der Waals surface area (Å²) >= 11 is 0. The molecule has 0 bridgehead atoms. The molecular weight excluding hydrogens is 364 g/mol. The van der Waals surface area contributed by atoms with Gasteiger partial charge in [-0.2, -0.15) is 0 Å². The summed E-state index contributed by atoms with van der Waals surface area (Å²) in [6.45, 7) is 1.44. The van der Waals surface area contributed by atoms with Crippen molar-refractivity contribution in [1.29, 1.82) is 0 Å². The van der Waals surface area contributed by atoms with E-state index < -0.39 is 17.0 Å². The molecule has 5 nitrogen and oxygen atoms in total. The van der Waals surface area contributed by atoms with Crippen LogP contribution in [0.3, 0.4) is 0 Å². The number of carbonyl (C=O) groups is 2. The van der Waals surface area contributed by atoms with Crippen LogP contribution in [-0.2, 0) is 16.1 Å². The lowest BCUT2D eigenvalue weighted by Crippen LogP contribution is -2.62. The van der Waals surface area contributed by atoms with Crippen LogP contribution in [0.15, 0.2) is 18.2 Å². The summed E-state index contributed by atoms with van der Waals surface area (Å²) in [6, 6.07) is 3.17. The van der Waals surface area contributed by atoms with Crippen molar-refractivity contribution in [2.75, 3.05) is 27.2 Å². The van der Waals surface area contributed by atoms with Crippen molar-refractivity contribution < 1.29 is 18.4 Å². The van der Waals surface area contributed by atoms with Gasteiger partial charge in [-0.3, -0.25) is 9.59 Å². The van der Waals surface area contributed by atoms with Gasteiger partial charge >= 0.3 is 0 Å². The van der Waals surface area contributed by atoms with Crippen molar-refractivity contribution in [3.05, 3.63) is 35.4 Å². The van der Waals surface area contributed by atoms with Crippen LogP contribution in [0, 0.1) is 17.0 Å². The predicted molar refractivity (Wildman–Crippen MR) is 102 cm³/mol. The number of nitrogens with zero attached hydrogens (tertiary/aromatic N) is 2. The number of benzene rings is 1. The summed E-state index contributed by atoms with van der Waals surface area (Å²) in [4.78, 5) is 29.7. The molecule has 0 unspecified atom stereocenters. The highest BCUT2D eigenvalue weighted by molar-refractivity contribution is 5.88. The first-order valence-electron chi connectivity index (χ1n) is 9.99. The van der Waals surface area contributed by atoms with Crippen molar-refractivity contribution in [2.24, 2.45) is 5.41 Å². The van der Waals surface area contributed by atoms with Crippen LogP contribution in [0.1, 0.15) is 44.1 Å². The van der Waals surface area contributed by atoms with E-state index in [1.807, 2.05) is 23.9 Å². The standard InChI is InChI=1S/C21H29F2N3O2/c1-25(2)9-10-26-18-5-3-4-7-21(18,8-6-19(26)27)20(28)24-14-15-11-16(22)13-17(23)12-15/h11-13,18H,3-10,14H2,1-2H3,(H,24,28)/t18-,21-/m1/s1. The van der Waals surface area contributed by atoms with Crippen LogP contribution in [0.4, 0.5) is 8.78 Å². The lowest BCUT2D eigenvalue weighted by atomic mass is 9.64. The van der Waals surface area contributed by atoms with Crippen LogP contribution < -0.4 is 5.32 Å². The van der Waals surface area contributed by atoms with Gasteiger partial charge in [-0.1, -0.05) is 12.8 Å². The number of piperidine rings is 1. The first-order chi connectivity index (χ1) is 13.3. The molecule has 2 amide bonds. The molecule has 1 aromatic rings. The van der Waals surface area contributed by atoms with Crippen molar-refractivity contribution in [1.82, 2.24) is 15.1 Å². The van der Waals surface area contributed by atoms with Gasteiger partial charge < -0.3 is 15.1 Å². The number of carbonyl (C=O) groups excluding carboxylic acids is 2. The van der Waals surface area contributed by atoms with Gasteiger partial charge in [0.25, 0.3) is 0 Å². The minimum absolute atomic E-state index is 0.0770. The van der Waals surface area contributed by atoms with Crippen molar-refractivity contribution in [3.63, 3.8) is 0 Å². The fraction of sp³-hybridized carbons (Fsp3) is 0.619. The Bertz CT molecular complexity index is 720. The predicted octanol–water partition coefficient (Wildman–Crippen LogP) is 2.69. The Labute approximate surface area is 165 Å². The van der Waals surface area contributed by atoms with Gasteiger partial charge in [0.2, 0.25) is 11.8 Å². The molecule has 3 rings (SSSR count). The number of rotatable bonds is 6. The Balaban J connectivity index is 1.76. The lowest BCUT2D eigenvalue weighted by molar-refractivity contribution is -0.155. The Kier molecular flexibility index (Phi) is 6.33. The minimum atomic E-state index is -0.656. The number of likely N-dealkylation sites (N-methyl/N-ethyl adjacent to an activating group) is 1.